The first-order valence-corrected chi connectivity index (χ1v) is 8.92. The molecule has 1 aliphatic rings. The first-order valence-electron chi connectivity index (χ1n) is 8.92. The number of carbonyl (C=O) groups excluding carboxylic acids is 1. The van der Waals surface area contributed by atoms with E-state index < -0.39 is 6.10 Å². The molecule has 3 rings (SSSR count). The van der Waals surface area contributed by atoms with Gasteiger partial charge in [-0.25, -0.2) is 0 Å². The number of β-amino-alcohol motifs (C(OH)–C–C–N with tert-alkyl or cyclic N) is 1. The van der Waals surface area contributed by atoms with E-state index >= 15 is 0 Å². The van der Waals surface area contributed by atoms with Gasteiger partial charge in [-0.3, -0.25) is 4.79 Å². The quantitative estimate of drug-likeness (QED) is 0.751. The molecule has 2 unspecified atom stereocenters. The molecule has 0 saturated carbocycles. The topological polar surface area (TPSA) is 100 Å². The van der Waals surface area contributed by atoms with Crippen LogP contribution in [0, 0.1) is 11.3 Å². The summed E-state index contributed by atoms with van der Waals surface area (Å²) >= 11 is 0. The summed E-state index contributed by atoms with van der Waals surface area (Å²) in [6.07, 6.45) is 0.278. The predicted octanol–water partition coefficient (Wildman–Crippen LogP) is 1.64. The molecule has 1 fully saturated rings. The summed E-state index contributed by atoms with van der Waals surface area (Å²) in [4.78, 5) is 16.8. The van der Waals surface area contributed by atoms with Gasteiger partial charge in [0.1, 0.15) is 0 Å². The average Bonchev–Trinajstić information content (AvgIpc) is 3.20. The number of amides is 1. The van der Waals surface area contributed by atoms with Crippen LogP contribution in [0.2, 0.25) is 0 Å². The first-order chi connectivity index (χ1) is 12.3. The minimum absolute atomic E-state index is 0.0410. The molecular weight excluding hydrogens is 332 g/mol. The molecule has 26 heavy (non-hydrogen) atoms. The molecule has 2 heterocycles. The maximum atomic E-state index is 12.4. The number of nitrogens with one attached hydrogen (secondary N) is 2. The molecule has 1 aromatic heterocycles. The highest BCUT2D eigenvalue weighted by atomic mass is 16.5. The summed E-state index contributed by atoms with van der Waals surface area (Å²) in [6.45, 7) is 8.05. The molecule has 7 nitrogen and oxygen atoms in total. The van der Waals surface area contributed by atoms with Gasteiger partial charge >= 0.3 is 0 Å². The standard InChI is InChI=1S/C19H26N4O3/c1-19(2,3)8-16-22-17(23-26-16)12-5-4-6-13(7-12)18(25)21-10-14-9-20-11-15(14)24/h4-7,14-15,20,24H,8-11H2,1-3H3,(H,21,25). The van der Waals surface area contributed by atoms with Crippen molar-refractivity contribution < 1.29 is 14.4 Å². The van der Waals surface area contributed by atoms with Crippen LogP contribution in [-0.4, -0.2) is 46.9 Å². The van der Waals surface area contributed by atoms with Crippen LogP contribution >= 0.6 is 0 Å². The highest BCUT2D eigenvalue weighted by molar-refractivity contribution is 5.95. The van der Waals surface area contributed by atoms with E-state index in [4.69, 9.17) is 4.52 Å². The van der Waals surface area contributed by atoms with E-state index in [2.05, 4.69) is 41.5 Å². The van der Waals surface area contributed by atoms with Gasteiger partial charge in [0.05, 0.1) is 6.10 Å². The van der Waals surface area contributed by atoms with E-state index in [-0.39, 0.29) is 17.2 Å². The van der Waals surface area contributed by atoms with E-state index in [9.17, 15) is 9.90 Å². The van der Waals surface area contributed by atoms with Crippen LogP contribution in [0.1, 0.15) is 37.0 Å². The second-order valence-corrected chi connectivity index (χ2v) is 8.03. The highest BCUT2D eigenvalue weighted by Gasteiger charge is 2.25. The van der Waals surface area contributed by atoms with Crippen molar-refractivity contribution in [1.82, 2.24) is 20.8 Å². The normalized spacial score (nSPS) is 20.3. The van der Waals surface area contributed by atoms with E-state index in [1.807, 2.05) is 6.07 Å². The summed E-state index contributed by atoms with van der Waals surface area (Å²) < 4.78 is 5.33. The molecule has 7 heteroatoms. The fourth-order valence-electron chi connectivity index (χ4n) is 2.95. The molecule has 3 N–H and O–H groups in total. The van der Waals surface area contributed by atoms with E-state index in [0.717, 1.165) is 5.56 Å². The lowest BCUT2D eigenvalue weighted by Gasteiger charge is -2.14. The Bertz CT molecular complexity index is 766. The SMILES string of the molecule is CC(C)(C)Cc1nc(-c2cccc(C(=O)NCC3CNCC3O)c2)no1. The van der Waals surface area contributed by atoms with Gasteiger partial charge in [0.2, 0.25) is 11.7 Å². The van der Waals surface area contributed by atoms with Crippen molar-refractivity contribution in [3.63, 3.8) is 0 Å². The van der Waals surface area contributed by atoms with Crippen LogP contribution in [0.5, 0.6) is 0 Å². The highest BCUT2D eigenvalue weighted by Crippen LogP contribution is 2.22. The van der Waals surface area contributed by atoms with Gasteiger partial charge in [0.15, 0.2) is 0 Å². The van der Waals surface area contributed by atoms with Crippen molar-refractivity contribution in [3.05, 3.63) is 35.7 Å². The number of carbonyl (C=O) groups is 1. The Balaban J connectivity index is 1.67. The number of rotatable bonds is 5. The summed E-state index contributed by atoms with van der Waals surface area (Å²) in [7, 11) is 0. The zero-order valence-electron chi connectivity index (χ0n) is 15.5. The number of nitrogens with zero attached hydrogens (tertiary/aromatic N) is 2. The molecule has 0 aliphatic carbocycles. The number of aliphatic hydroxyl groups excluding tert-OH is 1. The minimum atomic E-state index is -0.415. The number of benzene rings is 1. The lowest BCUT2D eigenvalue weighted by Crippen LogP contribution is -2.34. The Morgan fingerprint density at radius 3 is 2.88 bits per heavy atom. The summed E-state index contributed by atoms with van der Waals surface area (Å²) in [5.74, 6) is 0.933. The number of hydrogen-bond acceptors (Lipinski definition) is 6. The van der Waals surface area contributed by atoms with Crippen molar-refractivity contribution in [2.24, 2.45) is 11.3 Å². The van der Waals surface area contributed by atoms with Gasteiger partial charge in [0.25, 0.3) is 5.91 Å². The average molecular weight is 358 g/mol. The van der Waals surface area contributed by atoms with Gasteiger partial charge < -0.3 is 20.3 Å². The molecule has 2 aromatic rings. The Hall–Kier alpha value is -2.25. The van der Waals surface area contributed by atoms with Crippen molar-refractivity contribution in [1.29, 1.82) is 0 Å². The van der Waals surface area contributed by atoms with Crippen LogP contribution in [0.3, 0.4) is 0 Å². The fraction of sp³-hybridized carbons (Fsp3) is 0.526. The Morgan fingerprint density at radius 2 is 2.19 bits per heavy atom. The zero-order chi connectivity index (χ0) is 18.7. The monoisotopic (exact) mass is 358 g/mol. The maximum absolute atomic E-state index is 12.4. The van der Waals surface area contributed by atoms with Gasteiger partial charge in [-0.2, -0.15) is 4.98 Å². The molecule has 1 amide bonds. The Morgan fingerprint density at radius 1 is 1.38 bits per heavy atom. The minimum Gasteiger partial charge on any atom is -0.391 e. The molecule has 140 valence electrons. The second-order valence-electron chi connectivity index (χ2n) is 8.03. The largest absolute Gasteiger partial charge is 0.391 e. The Kier molecular flexibility index (Phi) is 5.38. The fourth-order valence-corrected chi connectivity index (χ4v) is 2.95. The van der Waals surface area contributed by atoms with Crippen molar-refractivity contribution >= 4 is 5.91 Å². The molecule has 0 bridgehead atoms. The third kappa shape index (κ3) is 4.68. The van der Waals surface area contributed by atoms with Crippen LogP contribution in [0.25, 0.3) is 11.4 Å². The van der Waals surface area contributed by atoms with E-state index in [1.54, 1.807) is 18.2 Å². The summed E-state index contributed by atoms with van der Waals surface area (Å²) in [5, 5.41) is 19.8. The smallest absolute Gasteiger partial charge is 0.251 e. The lowest BCUT2D eigenvalue weighted by atomic mass is 9.92. The predicted molar refractivity (Wildman–Crippen MR) is 97.6 cm³/mol. The van der Waals surface area contributed by atoms with Crippen LogP contribution in [0.4, 0.5) is 0 Å². The van der Waals surface area contributed by atoms with Gasteiger partial charge in [0, 0.05) is 43.1 Å². The van der Waals surface area contributed by atoms with Crippen LogP contribution < -0.4 is 10.6 Å². The van der Waals surface area contributed by atoms with Crippen LogP contribution in [-0.2, 0) is 6.42 Å². The second kappa shape index (κ2) is 7.55. The van der Waals surface area contributed by atoms with Gasteiger partial charge in [-0.1, -0.05) is 38.1 Å². The first kappa shape index (κ1) is 18.5. The molecule has 2 atom stereocenters. The van der Waals surface area contributed by atoms with Crippen molar-refractivity contribution in [2.45, 2.75) is 33.3 Å². The van der Waals surface area contributed by atoms with E-state index in [1.165, 1.54) is 0 Å². The van der Waals surface area contributed by atoms with Crippen molar-refractivity contribution in [2.75, 3.05) is 19.6 Å². The number of aromatic nitrogens is 2. The summed E-state index contributed by atoms with van der Waals surface area (Å²) in [5.41, 5.74) is 1.33. The molecular formula is C19H26N4O3. The third-order valence-corrected chi connectivity index (χ3v) is 4.36. The maximum Gasteiger partial charge on any atom is 0.251 e. The Labute approximate surface area is 153 Å². The number of aliphatic hydroxyl groups is 1. The van der Waals surface area contributed by atoms with Crippen LogP contribution in [0.15, 0.2) is 28.8 Å². The molecule has 1 aliphatic heterocycles. The van der Waals surface area contributed by atoms with E-state index in [0.29, 0.717) is 43.3 Å². The zero-order valence-corrected chi connectivity index (χ0v) is 15.5. The summed E-state index contributed by atoms with van der Waals surface area (Å²) in [6, 6.07) is 7.16. The molecule has 0 radical (unpaired) electrons. The van der Waals surface area contributed by atoms with Gasteiger partial charge in [-0.15, -0.1) is 0 Å². The molecule has 0 spiro atoms. The number of hydrogen-bond donors (Lipinski definition) is 3. The van der Waals surface area contributed by atoms with Crippen molar-refractivity contribution in [3.8, 4) is 11.4 Å². The molecule has 1 saturated heterocycles. The van der Waals surface area contributed by atoms with Gasteiger partial charge in [-0.05, 0) is 17.5 Å². The third-order valence-electron chi connectivity index (χ3n) is 4.36. The lowest BCUT2D eigenvalue weighted by molar-refractivity contribution is 0.0927. The molecule has 1 aromatic carbocycles.